The van der Waals surface area contributed by atoms with Crippen LogP contribution in [0, 0.1) is 23.7 Å². The molecule has 5 rings (SSSR count). The van der Waals surface area contributed by atoms with E-state index in [-0.39, 0.29) is 36.8 Å². The van der Waals surface area contributed by atoms with Gasteiger partial charge in [-0.3, -0.25) is 14.5 Å². The second-order valence-electron chi connectivity index (χ2n) is 10.6. The number of hydrogen-bond acceptors (Lipinski definition) is 8. The van der Waals surface area contributed by atoms with Crippen LogP contribution in [-0.4, -0.2) is 64.1 Å². The Bertz CT molecular complexity index is 1050. The van der Waals surface area contributed by atoms with Crippen molar-refractivity contribution in [2.24, 2.45) is 28.8 Å². The summed E-state index contributed by atoms with van der Waals surface area (Å²) in [5.41, 5.74) is 3.70. The lowest BCUT2D eigenvalue weighted by Crippen LogP contribution is -2.55. The highest BCUT2D eigenvalue weighted by Gasteiger charge is 2.60. The minimum atomic E-state index is -1.14. The number of ether oxygens (including phenoxy) is 2. The van der Waals surface area contributed by atoms with E-state index in [4.69, 9.17) is 9.47 Å². The van der Waals surface area contributed by atoms with Crippen molar-refractivity contribution in [3.63, 3.8) is 0 Å². The van der Waals surface area contributed by atoms with Gasteiger partial charge in [0.15, 0.2) is 0 Å². The van der Waals surface area contributed by atoms with E-state index < -0.39 is 36.1 Å². The number of imide groups is 1. The van der Waals surface area contributed by atoms with E-state index in [1.165, 1.54) is 4.90 Å². The van der Waals surface area contributed by atoms with Gasteiger partial charge in [-0.15, -0.1) is 0 Å². The van der Waals surface area contributed by atoms with Gasteiger partial charge >= 0.3 is 6.09 Å². The monoisotopic (exact) mass is 513 g/mol. The number of carbonyl (C=O) groups is 3. The summed E-state index contributed by atoms with van der Waals surface area (Å²) in [6.45, 7) is 0.0471. The molecule has 37 heavy (non-hydrogen) atoms. The molecule has 200 valence electrons. The van der Waals surface area contributed by atoms with Crippen molar-refractivity contribution in [3.8, 4) is 5.75 Å². The highest BCUT2D eigenvalue weighted by molar-refractivity contribution is 6.06. The minimum absolute atomic E-state index is 0.0471. The molecule has 1 aromatic rings. The predicted molar refractivity (Wildman–Crippen MR) is 132 cm³/mol. The van der Waals surface area contributed by atoms with Crippen molar-refractivity contribution < 1.29 is 34.1 Å². The summed E-state index contributed by atoms with van der Waals surface area (Å²) in [5, 5.41) is 25.8. The average molecular weight is 514 g/mol. The molecule has 1 heterocycles. The van der Waals surface area contributed by atoms with Crippen LogP contribution >= 0.6 is 0 Å². The van der Waals surface area contributed by atoms with Gasteiger partial charge in [-0.1, -0.05) is 31.4 Å². The second-order valence-corrected chi connectivity index (χ2v) is 10.6. The Morgan fingerprint density at radius 1 is 1.03 bits per heavy atom. The lowest BCUT2D eigenvalue weighted by molar-refractivity contribution is -0.145. The number of hydrazone groups is 1. The summed E-state index contributed by atoms with van der Waals surface area (Å²) in [5.74, 6) is -1.74. The number of fused-ring (bicyclic) bond motifs is 3. The number of aliphatic hydroxyl groups excluding tert-OH is 2. The maximum atomic E-state index is 13.6. The van der Waals surface area contributed by atoms with Crippen LogP contribution in [0.1, 0.15) is 56.9 Å². The molecule has 3 saturated carbocycles. The van der Waals surface area contributed by atoms with Crippen LogP contribution in [0.5, 0.6) is 5.75 Å². The van der Waals surface area contributed by atoms with Gasteiger partial charge in [-0.2, -0.15) is 5.10 Å². The normalized spacial score (nSPS) is 33.2. The van der Waals surface area contributed by atoms with Gasteiger partial charge in [-0.05, 0) is 43.4 Å². The molecule has 3 amide bonds. The van der Waals surface area contributed by atoms with Crippen molar-refractivity contribution >= 4 is 23.6 Å². The zero-order chi connectivity index (χ0) is 26.1. The zero-order valence-corrected chi connectivity index (χ0v) is 21.0. The fourth-order valence-corrected chi connectivity index (χ4v) is 6.74. The van der Waals surface area contributed by atoms with Crippen LogP contribution in [0.25, 0.3) is 0 Å². The minimum Gasteiger partial charge on any atom is -0.497 e. The molecule has 10 heteroatoms. The van der Waals surface area contributed by atoms with E-state index in [0.29, 0.717) is 24.3 Å². The van der Waals surface area contributed by atoms with Crippen LogP contribution in [0.3, 0.4) is 0 Å². The van der Waals surface area contributed by atoms with Crippen molar-refractivity contribution in [2.75, 3.05) is 7.11 Å². The Balaban J connectivity index is 1.27. The lowest BCUT2D eigenvalue weighted by Gasteiger charge is -2.45. The molecule has 0 radical (unpaired) electrons. The topological polar surface area (TPSA) is 138 Å². The van der Waals surface area contributed by atoms with Gasteiger partial charge in [0.1, 0.15) is 12.4 Å². The molecule has 1 aromatic carbocycles. The summed E-state index contributed by atoms with van der Waals surface area (Å²) in [4.78, 5) is 40.6. The number of likely N-dealkylation sites (tertiary alicyclic amines) is 1. The van der Waals surface area contributed by atoms with Crippen LogP contribution in [0.4, 0.5) is 4.79 Å². The van der Waals surface area contributed by atoms with Crippen LogP contribution in [-0.2, 0) is 20.9 Å². The third-order valence-electron chi connectivity index (χ3n) is 8.57. The smallest absolute Gasteiger partial charge is 0.428 e. The third-order valence-corrected chi connectivity index (χ3v) is 8.57. The summed E-state index contributed by atoms with van der Waals surface area (Å²) in [7, 11) is 1.57. The molecule has 4 aliphatic rings. The van der Waals surface area contributed by atoms with E-state index >= 15 is 0 Å². The number of rotatable bonds is 5. The number of aliphatic hydroxyl groups is 2. The Labute approximate surface area is 216 Å². The molecule has 3 N–H and O–H groups in total. The highest BCUT2D eigenvalue weighted by atomic mass is 16.6. The Hall–Kier alpha value is -2.98. The van der Waals surface area contributed by atoms with Crippen LogP contribution in [0.2, 0.25) is 0 Å². The number of carbonyl (C=O) groups excluding carboxylic acids is 3. The van der Waals surface area contributed by atoms with Gasteiger partial charge in [0, 0.05) is 30.0 Å². The SMILES string of the molecule is COc1ccc(COC(=O)NN=C2C[C@@H](O)[C@@H](O)[C@@H]3[C@@H]4C(=O)N(C5CCCCC5)C(=O)[C@@H]4CC[C@@H]23)cc1. The molecular weight excluding hydrogens is 478 g/mol. The molecule has 4 fully saturated rings. The van der Waals surface area contributed by atoms with E-state index in [2.05, 4.69) is 10.5 Å². The van der Waals surface area contributed by atoms with Crippen LogP contribution in [0.15, 0.2) is 29.4 Å². The summed E-state index contributed by atoms with van der Waals surface area (Å²) < 4.78 is 10.4. The van der Waals surface area contributed by atoms with E-state index in [0.717, 1.165) is 37.7 Å². The number of nitrogens with one attached hydrogen (secondary N) is 1. The molecule has 0 aromatic heterocycles. The van der Waals surface area contributed by atoms with Crippen molar-refractivity contribution in [2.45, 2.75) is 76.2 Å². The zero-order valence-electron chi connectivity index (χ0n) is 21.0. The van der Waals surface area contributed by atoms with Crippen molar-refractivity contribution in [1.29, 1.82) is 0 Å². The first-order valence-corrected chi connectivity index (χ1v) is 13.2. The second kappa shape index (κ2) is 10.8. The molecule has 0 spiro atoms. The number of amides is 3. The summed E-state index contributed by atoms with van der Waals surface area (Å²) in [6.07, 6.45) is 2.89. The Morgan fingerprint density at radius 2 is 1.73 bits per heavy atom. The molecule has 1 aliphatic heterocycles. The van der Waals surface area contributed by atoms with Crippen molar-refractivity contribution in [1.82, 2.24) is 10.3 Å². The average Bonchev–Trinajstić information content (AvgIpc) is 3.18. The number of benzene rings is 1. The molecule has 0 bridgehead atoms. The third kappa shape index (κ3) is 4.96. The van der Waals surface area contributed by atoms with E-state index in [9.17, 15) is 24.6 Å². The first kappa shape index (κ1) is 25.7. The van der Waals surface area contributed by atoms with Crippen LogP contribution < -0.4 is 10.2 Å². The fourth-order valence-electron chi connectivity index (χ4n) is 6.74. The number of hydrogen-bond donors (Lipinski definition) is 3. The van der Waals surface area contributed by atoms with Gasteiger partial charge in [0.05, 0.1) is 31.2 Å². The maximum Gasteiger partial charge on any atom is 0.428 e. The van der Waals surface area contributed by atoms with Gasteiger partial charge in [0.2, 0.25) is 11.8 Å². The van der Waals surface area contributed by atoms with Gasteiger partial charge < -0.3 is 19.7 Å². The lowest BCUT2D eigenvalue weighted by atomic mass is 9.60. The van der Waals surface area contributed by atoms with Gasteiger partial charge in [0.25, 0.3) is 0 Å². The standard InChI is InChI=1S/C27H35N3O7/c1-36-17-9-7-15(8-10-17)14-37-27(35)29-28-20-13-21(31)24(32)22-18(20)11-12-19-23(22)26(34)30(25(19)33)16-5-3-2-4-6-16/h7-10,16,18-19,21-24,31-32H,2-6,11-14H2,1H3,(H,29,35)/t18-,19+,21+,22-,23+,24+/m0/s1. The molecule has 3 aliphatic carbocycles. The predicted octanol–water partition coefficient (Wildman–Crippen LogP) is 2.36. The first-order chi connectivity index (χ1) is 17.9. The quantitative estimate of drug-likeness (QED) is 0.406. The molecule has 1 saturated heterocycles. The Morgan fingerprint density at radius 3 is 2.43 bits per heavy atom. The first-order valence-electron chi connectivity index (χ1n) is 13.2. The molecule has 10 nitrogen and oxygen atoms in total. The summed E-state index contributed by atoms with van der Waals surface area (Å²) >= 11 is 0. The summed E-state index contributed by atoms with van der Waals surface area (Å²) in [6, 6.07) is 7.05. The molecule has 6 atom stereocenters. The maximum absolute atomic E-state index is 13.6. The van der Waals surface area contributed by atoms with E-state index in [1.807, 2.05) is 0 Å². The van der Waals surface area contributed by atoms with E-state index in [1.54, 1.807) is 31.4 Å². The van der Waals surface area contributed by atoms with Crippen molar-refractivity contribution in [3.05, 3.63) is 29.8 Å². The Kier molecular flexibility index (Phi) is 7.48. The number of methoxy groups -OCH3 is 1. The fraction of sp³-hybridized carbons (Fsp3) is 0.630. The molecule has 0 unspecified atom stereocenters. The van der Waals surface area contributed by atoms with Gasteiger partial charge in [-0.25, -0.2) is 10.2 Å². The molecular formula is C27H35N3O7. The number of nitrogens with zero attached hydrogens (tertiary/aromatic N) is 2. The highest BCUT2D eigenvalue weighted by Crippen LogP contribution is 2.50. The largest absolute Gasteiger partial charge is 0.497 e.